The summed E-state index contributed by atoms with van der Waals surface area (Å²) in [7, 11) is 0. The summed E-state index contributed by atoms with van der Waals surface area (Å²) in [6.07, 6.45) is 0. The van der Waals surface area contributed by atoms with E-state index < -0.39 is 23.2 Å². The third-order valence-corrected chi connectivity index (χ3v) is 1.32. The minimum Gasteiger partial charge on any atom is -0.504 e. The van der Waals surface area contributed by atoms with E-state index in [2.05, 4.69) is 0 Å². The summed E-state index contributed by atoms with van der Waals surface area (Å²) in [6, 6.07) is 1.69. The first-order chi connectivity index (χ1) is 5.52. The number of carboxylic acid groups (broad SMARTS) is 1. The second kappa shape index (κ2) is 4.44. The van der Waals surface area contributed by atoms with E-state index in [1.54, 1.807) is 0 Å². The van der Waals surface area contributed by atoms with Crippen LogP contribution in [0.5, 0.6) is 17.2 Å². The van der Waals surface area contributed by atoms with Gasteiger partial charge in [-0.2, -0.15) is 0 Å². The van der Waals surface area contributed by atoms with Crippen molar-refractivity contribution < 1.29 is 57.9 Å². The zero-order valence-corrected chi connectivity index (χ0v) is 9.27. The molecule has 0 aliphatic carbocycles. The van der Waals surface area contributed by atoms with Crippen molar-refractivity contribution in [3.05, 3.63) is 17.7 Å². The van der Waals surface area contributed by atoms with Crippen molar-refractivity contribution in [3.63, 3.8) is 0 Å². The molecule has 0 saturated carbocycles. The predicted octanol–water partition coefficient (Wildman–Crippen LogP) is 0.499. The third kappa shape index (κ3) is 2.57. The number of phenolic OH excluding ortho intramolecular Hbond substituents is 3. The van der Waals surface area contributed by atoms with Crippen molar-refractivity contribution in [1.82, 2.24) is 0 Å². The molecule has 0 heterocycles. The topological polar surface area (TPSA) is 98.0 Å². The van der Waals surface area contributed by atoms with Crippen molar-refractivity contribution in [3.8, 4) is 17.2 Å². The molecule has 0 aromatic heterocycles. The van der Waals surface area contributed by atoms with Crippen LogP contribution < -0.4 is 0 Å². The Morgan fingerprint density at radius 3 is 1.77 bits per heavy atom. The van der Waals surface area contributed by atoms with Crippen molar-refractivity contribution >= 4 is 5.97 Å². The van der Waals surface area contributed by atoms with E-state index in [-0.39, 0.29) is 38.3 Å². The van der Waals surface area contributed by atoms with Crippen molar-refractivity contribution in [2.24, 2.45) is 0 Å². The summed E-state index contributed by atoms with van der Waals surface area (Å²) in [4.78, 5) is 10.3. The van der Waals surface area contributed by atoms with Gasteiger partial charge in [0.1, 0.15) is 0 Å². The molecule has 0 aliphatic heterocycles. The number of aromatic hydroxyl groups is 3. The summed E-state index contributed by atoms with van der Waals surface area (Å²) in [5.74, 6) is -3.33. The number of rotatable bonds is 1. The van der Waals surface area contributed by atoms with Crippen molar-refractivity contribution in [2.75, 3.05) is 0 Å². The van der Waals surface area contributed by atoms with Gasteiger partial charge in [0.25, 0.3) is 0 Å². The minimum atomic E-state index is -1.29. The molecule has 0 spiro atoms. The molecule has 5 nitrogen and oxygen atoms in total. The van der Waals surface area contributed by atoms with Gasteiger partial charge in [0.2, 0.25) is 0 Å². The summed E-state index contributed by atoms with van der Waals surface area (Å²) >= 11 is 0. The Bertz CT molecular complexity index is 313. The van der Waals surface area contributed by atoms with Crippen LogP contribution in [0.1, 0.15) is 10.4 Å². The first kappa shape index (κ1) is 12.2. The van der Waals surface area contributed by atoms with Gasteiger partial charge < -0.3 is 20.4 Å². The Kier molecular flexibility index (Phi) is 4.16. The standard InChI is InChI=1S/C7H6O5.Y/c8-4-1-3(7(11)12)2-5(9)6(4)10;/h1-2,8-10H,(H,11,12);. The Morgan fingerprint density at radius 2 is 1.46 bits per heavy atom. The second-order valence-electron chi connectivity index (χ2n) is 2.17. The monoisotopic (exact) mass is 259 g/mol. The number of benzene rings is 1. The van der Waals surface area contributed by atoms with Crippen LogP contribution in [0.3, 0.4) is 0 Å². The van der Waals surface area contributed by atoms with Crippen LogP contribution in [0.4, 0.5) is 0 Å². The molecular formula is C7H6O5Y. The molecule has 1 radical (unpaired) electrons. The Hall–Kier alpha value is -0.806. The normalized spacial score (nSPS) is 8.92. The fourth-order valence-electron chi connectivity index (χ4n) is 0.728. The maximum Gasteiger partial charge on any atom is 0.335 e. The number of aromatic carboxylic acids is 1. The van der Waals surface area contributed by atoms with Crippen LogP contribution in [-0.2, 0) is 32.7 Å². The molecule has 0 amide bonds. The fraction of sp³-hybridized carbons (Fsp3) is 0. The van der Waals surface area contributed by atoms with Crippen molar-refractivity contribution in [1.29, 1.82) is 0 Å². The largest absolute Gasteiger partial charge is 0.504 e. The third-order valence-electron chi connectivity index (χ3n) is 1.32. The molecule has 0 fully saturated rings. The molecular weight excluding hydrogens is 253 g/mol. The van der Waals surface area contributed by atoms with Crippen LogP contribution in [-0.4, -0.2) is 26.4 Å². The number of hydrogen-bond donors (Lipinski definition) is 4. The molecule has 4 N–H and O–H groups in total. The number of carbonyl (C=O) groups is 1. The van der Waals surface area contributed by atoms with Gasteiger partial charge in [0.15, 0.2) is 17.2 Å². The predicted molar refractivity (Wildman–Crippen MR) is 38.4 cm³/mol. The summed E-state index contributed by atoms with van der Waals surface area (Å²) in [5, 5.41) is 35.0. The van der Waals surface area contributed by atoms with Crippen LogP contribution in [0, 0.1) is 0 Å². The van der Waals surface area contributed by atoms with Gasteiger partial charge >= 0.3 is 5.97 Å². The summed E-state index contributed by atoms with van der Waals surface area (Å²) < 4.78 is 0. The molecule has 1 aromatic rings. The minimum absolute atomic E-state index is 0. The molecule has 0 unspecified atom stereocenters. The van der Waals surface area contributed by atoms with Gasteiger partial charge in [-0.05, 0) is 12.1 Å². The van der Waals surface area contributed by atoms with Gasteiger partial charge in [0, 0.05) is 32.7 Å². The van der Waals surface area contributed by atoms with E-state index in [4.69, 9.17) is 20.4 Å². The fourth-order valence-corrected chi connectivity index (χ4v) is 0.728. The summed E-state index contributed by atoms with van der Waals surface area (Å²) in [6.45, 7) is 0. The number of carboxylic acids is 1. The van der Waals surface area contributed by atoms with E-state index in [1.165, 1.54) is 0 Å². The van der Waals surface area contributed by atoms with Crippen LogP contribution in [0.15, 0.2) is 12.1 Å². The van der Waals surface area contributed by atoms with E-state index >= 15 is 0 Å². The van der Waals surface area contributed by atoms with Gasteiger partial charge in [-0.25, -0.2) is 4.79 Å². The van der Waals surface area contributed by atoms with Gasteiger partial charge in [-0.3, -0.25) is 0 Å². The molecule has 0 aliphatic rings. The molecule has 0 saturated heterocycles. The van der Waals surface area contributed by atoms with Gasteiger partial charge in [-0.1, -0.05) is 0 Å². The maximum absolute atomic E-state index is 10.3. The smallest absolute Gasteiger partial charge is 0.335 e. The average molecular weight is 259 g/mol. The first-order valence-electron chi connectivity index (χ1n) is 3.00. The van der Waals surface area contributed by atoms with Crippen LogP contribution in [0.25, 0.3) is 0 Å². The van der Waals surface area contributed by atoms with E-state index in [0.29, 0.717) is 0 Å². The average Bonchev–Trinajstić information content (AvgIpc) is 1.99. The molecule has 1 aromatic carbocycles. The Balaban J connectivity index is 0.00000144. The SMILES string of the molecule is O=C(O)c1cc(O)c(O)c(O)c1.[Y]. The summed E-state index contributed by atoms with van der Waals surface area (Å²) in [5.41, 5.74) is -0.289. The molecule has 6 heteroatoms. The van der Waals surface area contributed by atoms with E-state index in [1.807, 2.05) is 0 Å². The molecule has 13 heavy (non-hydrogen) atoms. The molecule has 1 rings (SSSR count). The van der Waals surface area contributed by atoms with Crippen molar-refractivity contribution in [2.45, 2.75) is 0 Å². The van der Waals surface area contributed by atoms with Gasteiger partial charge in [-0.15, -0.1) is 0 Å². The number of hydrogen-bond acceptors (Lipinski definition) is 4. The maximum atomic E-state index is 10.3. The van der Waals surface area contributed by atoms with Crippen LogP contribution >= 0.6 is 0 Å². The zero-order chi connectivity index (χ0) is 9.30. The van der Waals surface area contributed by atoms with E-state index in [0.717, 1.165) is 12.1 Å². The molecule has 0 bridgehead atoms. The van der Waals surface area contributed by atoms with E-state index in [9.17, 15) is 4.79 Å². The number of phenols is 3. The Morgan fingerprint density at radius 1 is 1.08 bits per heavy atom. The van der Waals surface area contributed by atoms with Gasteiger partial charge in [0.05, 0.1) is 5.56 Å². The van der Waals surface area contributed by atoms with Crippen LogP contribution in [0.2, 0.25) is 0 Å². The second-order valence-corrected chi connectivity index (χ2v) is 2.17. The quantitative estimate of drug-likeness (QED) is 0.550. The molecule has 67 valence electrons. The zero-order valence-electron chi connectivity index (χ0n) is 6.43. The first-order valence-corrected chi connectivity index (χ1v) is 3.00. The molecule has 0 atom stereocenters. The Labute approximate surface area is 98.5 Å².